The molecule has 0 amide bonds. The molecule has 0 heterocycles. The van der Waals surface area contributed by atoms with Gasteiger partial charge in [0.1, 0.15) is 17.2 Å². The molecule has 798 valence electrons. The SMILES string of the molecule is C#CF.CC(C)(C)[S@@](N)=O.CC(C)=CC(=O)C[C@H](C)c1ccc(C)cc1.CC(C)=CC(=O)C[C@H](C)c1ccc(C)cc1.CC(C)=CC(C[C@H](C)c1ccc(C)cc1)=N[S@@](=O)C(C)(C)C.CC(C)=C[C@@H](C[C@H](C)c1ccc(C)cc1)NCC(C)C.CC(C)=C[C@@H](C[C@H](C)c1ccc(C)cc1)NCC(C)C.CC(C)=C[C@@H](C[C@H](C)c1ccc(C)cc1)N[S@@](=O)C(C)(C)C.CC(C)=C[C@H](N)C[C@H](C)c1ccc(C)cc1.Cl. The van der Waals surface area contributed by atoms with Crippen LogP contribution < -0.4 is 26.2 Å². The lowest BCUT2D eigenvalue weighted by molar-refractivity contribution is -0.115. The van der Waals surface area contributed by atoms with Gasteiger partial charge < -0.3 is 16.4 Å². The minimum absolute atomic E-state index is 0. The molecule has 0 radical (unpaired) electrons. The zero-order chi connectivity index (χ0) is 109. The summed E-state index contributed by atoms with van der Waals surface area (Å²) in [6.45, 7) is 87.8. The number of nitrogens with two attached hydrogens (primary N) is 2. The number of ketones is 2. The topological polar surface area (TPSA) is 186 Å². The molecule has 14 atom stereocenters. The Bertz CT molecular complexity index is 4920. The van der Waals surface area contributed by atoms with E-state index >= 15 is 0 Å². The van der Waals surface area contributed by atoms with Gasteiger partial charge in [0.15, 0.2) is 11.6 Å². The van der Waals surface area contributed by atoms with Gasteiger partial charge in [-0.2, -0.15) is 4.40 Å². The summed E-state index contributed by atoms with van der Waals surface area (Å²) in [5, 5.41) is 12.4. The Balaban J connectivity index is -0.00000158. The molecule has 0 unspecified atom stereocenters. The molecule has 7 aromatic carbocycles. The van der Waals surface area contributed by atoms with Crippen LogP contribution in [0.4, 0.5) is 4.39 Å². The quantitative estimate of drug-likeness (QED) is 0.0110. The second kappa shape index (κ2) is 73.8. The normalized spacial score (nSPS) is 13.9. The number of nitrogens with one attached hydrogen (secondary N) is 3. The van der Waals surface area contributed by atoms with E-state index in [4.69, 9.17) is 10.9 Å². The van der Waals surface area contributed by atoms with Crippen LogP contribution in [0.2, 0.25) is 0 Å². The van der Waals surface area contributed by atoms with Crippen molar-refractivity contribution in [2.24, 2.45) is 27.1 Å². The number of terminal acetylenes is 1. The van der Waals surface area contributed by atoms with Gasteiger partial charge in [-0.3, -0.25) is 14.7 Å². The molecule has 7 rings (SSSR count). The smallest absolute Gasteiger partial charge is 0.156 e. The number of allylic oxidation sites excluding steroid dienone is 10. The van der Waals surface area contributed by atoms with Gasteiger partial charge in [-0.1, -0.05) is 355 Å². The van der Waals surface area contributed by atoms with Gasteiger partial charge in [-0.25, -0.2) is 17.3 Å². The molecule has 0 saturated heterocycles. The summed E-state index contributed by atoms with van der Waals surface area (Å²) in [5.41, 5.74) is 34.0. The fourth-order valence-electron chi connectivity index (χ4n) is 14.5. The summed E-state index contributed by atoms with van der Waals surface area (Å²) < 4.78 is 51.8. The third kappa shape index (κ3) is 70.3. The zero-order valence-electron chi connectivity index (χ0n) is 96.8. The van der Waals surface area contributed by atoms with E-state index in [1.165, 1.54) is 106 Å². The highest BCUT2D eigenvalue weighted by atomic mass is 35.5. The largest absolute Gasteiger partial charge is 0.324 e. The molecule has 7 N–H and O–H groups in total. The number of nitrogens with zero attached hydrogens (tertiary/aromatic N) is 1. The van der Waals surface area contributed by atoms with Crippen LogP contribution in [0.5, 0.6) is 0 Å². The van der Waals surface area contributed by atoms with Crippen LogP contribution in [0.15, 0.2) is 256 Å². The summed E-state index contributed by atoms with van der Waals surface area (Å²) in [4.78, 5) is 23.3. The number of hydrogen-bond donors (Lipinski definition) is 5. The van der Waals surface area contributed by atoms with Gasteiger partial charge in [0.2, 0.25) is 0 Å². The molecule has 0 saturated carbocycles. The van der Waals surface area contributed by atoms with E-state index in [9.17, 15) is 26.6 Å². The molecule has 0 aliphatic carbocycles. The third-order valence-electron chi connectivity index (χ3n) is 22.7. The maximum absolute atomic E-state index is 12.4. The highest BCUT2D eigenvalue weighted by Gasteiger charge is 2.25. The van der Waals surface area contributed by atoms with Crippen LogP contribution in [0.1, 0.15) is 400 Å². The summed E-state index contributed by atoms with van der Waals surface area (Å²) in [7, 11) is -3.45. The van der Waals surface area contributed by atoms with E-state index in [0.29, 0.717) is 78.2 Å². The molecule has 0 aromatic heterocycles. The summed E-state index contributed by atoms with van der Waals surface area (Å²) >= 11 is 0. The molecule has 16 heteroatoms. The van der Waals surface area contributed by atoms with E-state index in [-0.39, 0.29) is 50.3 Å². The van der Waals surface area contributed by atoms with Gasteiger partial charge in [-0.05, 0) is 363 Å². The van der Waals surface area contributed by atoms with E-state index in [2.05, 4.69) is 400 Å². The number of rotatable bonds is 37. The van der Waals surface area contributed by atoms with Crippen molar-refractivity contribution >= 4 is 62.6 Å². The Morgan fingerprint density at radius 3 is 0.776 bits per heavy atom. The molecule has 0 aliphatic rings. The van der Waals surface area contributed by atoms with E-state index in [0.717, 1.165) is 68.2 Å². The Hall–Kier alpha value is -8.24. The number of hydrogen-bond acceptors (Lipinski definition) is 8. The molecular weight excluding hydrogens is 1840 g/mol. The van der Waals surface area contributed by atoms with E-state index in [1.54, 1.807) is 12.2 Å². The van der Waals surface area contributed by atoms with E-state index in [1.807, 2.05) is 110 Å². The Morgan fingerprint density at radius 1 is 0.350 bits per heavy atom. The van der Waals surface area contributed by atoms with Crippen molar-refractivity contribution in [3.8, 4) is 12.6 Å². The van der Waals surface area contributed by atoms with Crippen molar-refractivity contribution in [3.05, 3.63) is 329 Å². The zero-order valence-corrected chi connectivity index (χ0v) is 100. The van der Waals surface area contributed by atoms with Gasteiger partial charge in [0.05, 0.1) is 41.9 Å². The molecule has 0 spiro atoms. The molecule has 0 aliphatic heterocycles. The van der Waals surface area contributed by atoms with Gasteiger partial charge >= 0.3 is 0 Å². The number of carbonyl (C=O) groups excluding carboxylic acids is 2. The predicted octanol–water partition coefficient (Wildman–Crippen LogP) is 33.6. The highest BCUT2D eigenvalue weighted by molar-refractivity contribution is 7.85. The highest BCUT2D eigenvalue weighted by Crippen LogP contribution is 2.30. The maximum Gasteiger partial charge on any atom is 0.156 e. The van der Waals surface area contributed by atoms with Crippen LogP contribution in [-0.4, -0.2) is 81.4 Å². The summed E-state index contributed by atoms with van der Waals surface area (Å²) in [6, 6.07) is 62.0. The monoisotopic (exact) mass is 2040 g/mol. The number of benzene rings is 7. The minimum atomic E-state index is -1.22. The van der Waals surface area contributed by atoms with Crippen LogP contribution >= 0.6 is 12.4 Å². The standard InChI is InChI=1S/C19H31NOS.C19H29NOS.2C19H31N.C15H23N.2C15H20O.C4H11NOS.C2HF.ClH/c2*1-14(2)12-18(20-22(21)19(5,6)7)13-16(4)17-10-8-15(3)9-11-17;2*1-14(2)11-19(20-13-15(3)4)12-17(6)18-9-7-16(5)8-10-18;3*1-11(2)9-15(16)10-13(4)14-7-5-12(3)6-8-14;1-4(2,3)7(5)6;1-2-3;/h8-12,16,18,20H,13H2,1-7H3;8-12,16H,13H2,1-7H3;2*7-11,15,17,19-20H,12-13H2,1-6H3;5-9,13,15H,10,16H2,1-4H3;2*5-9,13H,10H2,1-4H3;5H2,1-3H3;1H;1H/t16-,18-,22-;16-,22-;2*17-,19-;13-,15-;2*13-;7-;;/m00000000../s1. The first-order valence-corrected chi connectivity index (χ1v) is 54.9. The average molecular weight is 2040 g/mol. The van der Waals surface area contributed by atoms with Gasteiger partial charge in [0.25, 0.3) is 0 Å². The Kier molecular flexibility index (Phi) is 71.7. The third-order valence-corrected chi connectivity index (χ3v) is 27.0. The van der Waals surface area contributed by atoms with Crippen LogP contribution in [0.3, 0.4) is 0 Å². The van der Waals surface area contributed by atoms with Crippen molar-refractivity contribution in [2.45, 2.75) is 409 Å². The first-order chi connectivity index (χ1) is 65.8. The van der Waals surface area contributed by atoms with Crippen LogP contribution in [0, 0.1) is 72.9 Å². The molecule has 143 heavy (non-hydrogen) atoms. The van der Waals surface area contributed by atoms with Crippen molar-refractivity contribution in [1.29, 1.82) is 0 Å². The number of halogens is 2. The fourth-order valence-corrected chi connectivity index (χ4v) is 15.9. The fraction of sp³-hybridized carbons (Fsp3) is 0.520. The van der Waals surface area contributed by atoms with Crippen molar-refractivity contribution < 1.29 is 26.6 Å². The lowest BCUT2D eigenvalue weighted by Crippen LogP contribution is -2.39. The number of carbonyl (C=O) groups is 2. The summed E-state index contributed by atoms with van der Waals surface area (Å²) in [6.07, 6.45) is 25.5. The van der Waals surface area contributed by atoms with Gasteiger partial charge in [-0.15, -0.1) is 16.8 Å². The van der Waals surface area contributed by atoms with Crippen molar-refractivity contribution in [1.82, 2.24) is 15.4 Å². The predicted molar refractivity (Wildman–Crippen MR) is 636 cm³/mol. The van der Waals surface area contributed by atoms with Crippen LogP contribution in [0.25, 0.3) is 0 Å². The van der Waals surface area contributed by atoms with Gasteiger partial charge in [0, 0.05) is 37.0 Å². The number of aryl methyl sites for hydroxylation is 7. The molecule has 7 aromatic rings. The molecular formula is C127H198ClFN6O5S3. The lowest BCUT2D eigenvalue weighted by Gasteiger charge is -2.25. The summed E-state index contributed by atoms with van der Waals surface area (Å²) in [5.74, 6) is 4.86. The Morgan fingerprint density at radius 2 is 0.566 bits per heavy atom. The molecule has 0 bridgehead atoms. The maximum atomic E-state index is 12.4. The minimum Gasteiger partial charge on any atom is -0.324 e. The van der Waals surface area contributed by atoms with E-state index < -0.39 is 33.0 Å². The second-order valence-corrected chi connectivity index (χ2v) is 50.6. The first kappa shape index (κ1) is 139. The first-order valence-electron chi connectivity index (χ1n) is 51.5. The Labute approximate surface area is 888 Å². The van der Waals surface area contributed by atoms with Crippen LogP contribution in [-0.2, 0) is 42.5 Å². The average Bonchev–Trinajstić information content (AvgIpc) is 0.859. The molecule has 11 nitrogen and oxygen atoms in total. The van der Waals surface area contributed by atoms with Crippen molar-refractivity contribution in [2.75, 3.05) is 13.1 Å². The lowest BCUT2D eigenvalue weighted by atomic mass is 9.92. The van der Waals surface area contributed by atoms with Crippen molar-refractivity contribution in [3.63, 3.8) is 0 Å². The second-order valence-electron chi connectivity index (χ2n) is 44.9. The molecule has 0 fully saturated rings.